The number of hydrogen-bond acceptors (Lipinski definition) is 2. The van der Waals surface area contributed by atoms with Gasteiger partial charge in [0.2, 0.25) is 0 Å². The number of hydrogen-bond donors (Lipinski definition) is 2. The van der Waals surface area contributed by atoms with Crippen molar-refractivity contribution in [2.45, 2.75) is 64.7 Å². The molecule has 3 nitrogen and oxygen atoms in total. The molecule has 0 fully saturated rings. The maximum absolute atomic E-state index is 11.1. The molecule has 0 amide bonds. The van der Waals surface area contributed by atoms with E-state index in [1.54, 1.807) is 12.1 Å². The highest BCUT2D eigenvalue weighted by Crippen LogP contribution is 2.19. The summed E-state index contributed by atoms with van der Waals surface area (Å²) < 4.78 is 0. The van der Waals surface area contributed by atoms with Crippen molar-refractivity contribution in [1.82, 2.24) is 0 Å². The average Bonchev–Trinajstić information content (AvgIpc) is 2.43. The third-order valence-electron chi connectivity index (χ3n) is 3.62. The van der Waals surface area contributed by atoms with Gasteiger partial charge in [0.1, 0.15) is 5.75 Å². The molecule has 1 aromatic carbocycles. The summed E-state index contributed by atoms with van der Waals surface area (Å²) in [5, 5.41) is 18.4. The summed E-state index contributed by atoms with van der Waals surface area (Å²) >= 11 is 0. The van der Waals surface area contributed by atoms with Crippen molar-refractivity contribution >= 4 is 5.97 Å². The minimum atomic E-state index is -0.963. The van der Waals surface area contributed by atoms with Crippen LogP contribution in [0.5, 0.6) is 5.75 Å². The number of phenols is 1. The van der Waals surface area contributed by atoms with Crippen molar-refractivity contribution in [3.8, 4) is 5.75 Å². The summed E-state index contributed by atoms with van der Waals surface area (Å²) in [5.41, 5.74) is 1.05. The van der Waals surface area contributed by atoms with E-state index in [1.807, 2.05) is 0 Å². The lowest BCUT2D eigenvalue weighted by molar-refractivity contribution is 0.0695. The molecule has 2 N–H and O–H groups in total. The Balaban J connectivity index is 2.27. The summed E-state index contributed by atoms with van der Waals surface area (Å²) in [6.07, 6.45) is 10.7. The molecule has 0 saturated heterocycles. The van der Waals surface area contributed by atoms with Crippen LogP contribution in [0, 0.1) is 0 Å². The Labute approximate surface area is 121 Å². The Morgan fingerprint density at radius 2 is 1.60 bits per heavy atom. The standard InChI is InChI=1S/C17H26O3/c1-2-3-4-5-6-7-8-9-10-14-11-12-15(18)13-16(14)17(19)20/h11-13,18H,2-10H2,1H3,(H,19,20). The number of unbranched alkanes of at least 4 members (excludes halogenated alkanes) is 7. The third kappa shape index (κ3) is 6.09. The van der Waals surface area contributed by atoms with Crippen molar-refractivity contribution in [2.75, 3.05) is 0 Å². The lowest BCUT2D eigenvalue weighted by Gasteiger charge is -2.07. The van der Waals surface area contributed by atoms with E-state index in [0.29, 0.717) is 0 Å². The van der Waals surface area contributed by atoms with Gasteiger partial charge in [0, 0.05) is 0 Å². The largest absolute Gasteiger partial charge is 0.508 e. The Bertz CT molecular complexity index is 413. The number of phenolic OH excluding ortho intramolecular Hbond substituents is 1. The molecule has 1 aromatic rings. The van der Waals surface area contributed by atoms with E-state index in [4.69, 9.17) is 5.11 Å². The lowest BCUT2D eigenvalue weighted by Crippen LogP contribution is -2.02. The predicted molar refractivity (Wildman–Crippen MR) is 81.4 cm³/mol. The fourth-order valence-corrected chi connectivity index (χ4v) is 2.43. The van der Waals surface area contributed by atoms with E-state index in [1.165, 1.54) is 44.6 Å². The second-order valence-corrected chi connectivity index (χ2v) is 5.37. The Kier molecular flexibility index (Phi) is 7.78. The zero-order chi connectivity index (χ0) is 14.8. The smallest absolute Gasteiger partial charge is 0.336 e. The molecule has 1 rings (SSSR count). The van der Waals surface area contributed by atoms with Gasteiger partial charge < -0.3 is 10.2 Å². The number of aromatic hydroxyl groups is 1. The third-order valence-corrected chi connectivity index (χ3v) is 3.62. The maximum atomic E-state index is 11.1. The van der Waals surface area contributed by atoms with Gasteiger partial charge in [-0.15, -0.1) is 0 Å². The normalized spacial score (nSPS) is 10.7. The van der Waals surface area contributed by atoms with Crippen LogP contribution in [0.4, 0.5) is 0 Å². The molecule has 0 aliphatic rings. The van der Waals surface area contributed by atoms with E-state index < -0.39 is 5.97 Å². The van der Waals surface area contributed by atoms with E-state index in [2.05, 4.69) is 6.92 Å². The van der Waals surface area contributed by atoms with Crippen LogP contribution in [0.2, 0.25) is 0 Å². The zero-order valence-electron chi connectivity index (χ0n) is 12.4. The van der Waals surface area contributed by atoms with Crippen molar-refractivity contribution in [3.05, 3.63) is 29.3 Å². The fourth-order valence-electron chi connectivity index (χ4n) is 2.43. The summed E-state index contributed by atoms with van der Waals surface area (Å²) in [6.45, 7) is 2.22. The number of carboxylic acids is 1. The first kappa shape index (κ1) is 16.5. The molecular weight excluding hydrogens is 252 g/mol. The minimum Gasteiger partial charge on any atom is -0.508 e. The van der Waals surface area contributed by atoms with Crippen molar-refractivity contribution < 1.29 is 15.0 Å². The first-order chi connectivity index (χ1) is 9.65. The number of aromatic carboxylic acids is 1. The van der Waals surface area contributed by atoms with Gasteiger partial charge in [0.25, 0.3) is 0 Å². The quantitative estimate of drug-likeness (QED) is 0.606. The van der Waals surface area contributed by atoms with Crippen LogP contribution in [-0.2, 0) is 6.42 Å². The monoisotopic (exact) mass is 278 g/mol. The number of rotatable bonds is 10. The molecule has 0 aliphatic heterocycles. The molecule has 0 radical (unpaired) electrons. The molecule has 0 saturated carbocycles. The highest BCUT2D eigenvalue weighted by molar-refractivity contribution is 5.89. The van der Waals surface area contributed by atoms with Gasteiger partial charge >= 0.3 is 5.97 Å². The number of carbonyl (C=O) groups is 1. The van der Waals surface area contributed by atoms with Crippen LogP contribution >= 0.6 is 0 Å². The summed E-state index contributed by atoms with van der Waals surface area (Å²) in [5.74, 6) is -0.947. The van der Waals surface area contributed by atoms with E-state index in [9.17, 15) is 9.90 Å². The molecular formula is C17H26O3. The van der Waals surface area contributed by atoms with Crippen LogP contribution in [0.1, 0.15) is 74.2 Å². The van der Waals surface area contributed by atoms with Crippen LogP contribution in [0.3, 0.4) is 0 Å². The van der Waals surface area contributed by atoms with E-state index in [0.717, 1.165) is 24.8 Å². The molecule has 0 atom stereocenters. The van der Waals surface area contributed by atoms with Crippen molar-refractivity contribution in [3.63, 3.8) is 0 Å². The summed E-state index contributed by atoms with van der Waals surface area (Å²) in [6, 6.07) is 4.62. The highest BCUT2D eigenvalue weighted by atomic mass is 16.4. The van der Waals surface area contributed by atoms with Crippen LogP contribution in [0.15, 0.2) is 18.2 Å². The molecule has 20 heavy (non-hydrogen) atoms. The topological polar surface area (TPSA) is 57.5 Å². The van der Waals surface area contributed by atoms with Gasteiger partial charge in [-0.05, 0) is 30.5 Å². The second-order valence-electron chi connectivity index (χ2n) is 5.37. The molecule has 0 aliphatic carbocycles. The Hall–Kier alpha value is -1.51. The second kappa shape index (κ2) is 9.40. The zero-order valence-corrected chi connectivity index (χ0v) is 12.4. The number of aryl methyl sites for hydroxylation is 1. The SMILES string of the molecule is CCCCCCCCCCc1ccc(O)cc1C(=O)O. The molecule has 0 bridgehead atoms. The number of carboxylic acid groups (broad SMARTS) is 1. The van der Waals surface area contributed by atoms with Gasteiger partial charge in [-0.1, -0.05) is 57.9 Å². The fraction of sp³-hybridized carbons (Fsp3) is 0.588. The Morgan fingerprint density at radius 1 is 1.00 bits per heavy atom. The van der Waals surface area contributed by atoms with Gasteiger partial charge in [0.05, 0.1) is 5.56 Å². The first-order valence-electron chi connectivity index (χ1n) is 7.70. The molecule has 0 aromatic heterocycles. The molecule has 0 spiro atoms. The van der Waals surface area contributed by atoms with Gasteiger partial charge in [-0.2, -0.15) is 0 Å². The summed E-state index contributed by atoms with van der Waals surface area (Å²) in [4.78, 5) is 11.1. The maximum Gasteiger partial charge on any atom is 0.336 e. The molecule has 0 unspecified atom stereocenters. The number of benzene rings is 1. The van der Waals surface area contributed by atoms with Gasteiger partial charge in [-0.3, -0.25) is 0 Å². The van der Waals surface area contributed by atoms with Gasteiger partial charge in [0.15, 0.2) is 0 Å². The Morgan fingerprint density at radius 3 is 2.20 bits per heavy atom. The molecule has 112 valence electrons. The molecule has 0 heterocycles. The average molecular weight is 278 g/mol. The van der Waals surface area contributed by atoms with Crippen LogP contribution in [-0.4, -0.2) is 16.2 Å². The van der Waals surface area contributed by atoms with Crippen LogP contribution in [0.25, 0.3) is 0 Å². The van der Waals surface area contributed by atoms with Crippen molar-refractivity contribution in [1.29, 1.82) is 0 Å². The van der Waals surface area contributed by atoms with Gasteiger partial charge in [-0.25, -0.2) is 4.79 Å². The minimum absolute atomic E-state index is 0.0158. The van der Waals surface area contributed by atoms with E-state index in [-0.39, 0.29) is 11.3 Å². The van der Waals surface area contributed by atoms with Crippen LogP contribution < -0.4 is 0 Å². The molecule has 3 heteroatoms. The first-order valence-corrected chi connectivity index (χ1v) is 7.70. The predicted octanol–water partition coefficient (Wildman–Crippen LogP) is 4.77. The van der Waals surface area contributed by atoms with E-state index >= 15 is 0 Å². The highest BCUT2D eigenvalue weighted by Gasteiger charge is 2.10. The lowest BCUT2D eigenvalue weighted by atomic mass is 10.00. The summed E-state index contributed by atoms with van der Waals surface area (Å²) in [7, 11) is 0. The van der Waals surface area contributed by atoms with Crippen molar-refractivity contribution in [2.24, 2.45) is 0 Å².